The average Bonchev–Trinajstić information content (AvgIpc) is 2.42. The summed E-state index contributed by atoms with van der Waals surface area (Å²) in [6.07, 6.45) is 1.40. The molecule has 0 aromatic heterocycles. The second-order valence-electron chi connectivity index (χ2n) is 4.93. The fourth-order valence-electron chi connectivity index (χ4n) is 2.25. The molecule has 0 saturated carbocycles. The molecule has 2 N–H and O–H groups in total. The van der Waals surface area contributed by atoms with Crippen LogP contribution in [0.1, 0.15) is 26.7 Å². The van der Waals surface area contributed by atoms with Crippen molar-refractivity contribution in [3.05, 3.63) is 0 Å². The predicted octanol–water partition coefficient (Wildman–Crippen LogP) is 0.834. The van der Waals surface area contributed by atoms with E-state index in [0.717, 1.165) is 26.1 Å². The maximum absolute atomic E-state index is 11.9. The van der Waals surface area contributed by atoms with E-state index < -0.39 is 11.9 Å². The highest BCUT2D eigenvalue weighted by Crippen LogP contribution is 2.06. The first-order chi connectivity index (χ1) is 9.08. The number of likely N-dealkylation sites (N-methyl/N-ethyl adjacent to an activating group) is 1. The summed E-state index contributed by atoms with van der Waals surface area (Å²) in [5.41, 5.74) is 0. The molecule has 2 amide bonds. The zero-order valence-corrected chi connectivity index (χ0v) is 11.9. The number of carboxylic acids is 1. The number of rotatable bonds is 6. The van der Waals surface area contributed by atoms with E-state index in [1.807, 2.05) is 6.92 Å². The monoisotopic (exact) mass is 271 g/mol. The second-order valence-corrected chi connectivity index (χ2v) is 4.93. The van der Waals surface area contributed by atoms with E-state index in [9.17, 15) is 9.59 Å². The van der Waals surface area contributed by atoms with E-state index in [1.54, 1.807) is 4.90 Å². The number of hydrogen-bond donors (Lipinski definition) is 2. The Bertz CT molecular complexity index is 302. The lowest BCUT2D eigenvalue weighted by molar-refractivity contribution is -0.141. The van der Waals surface area contributed by atoms with Gasteiger partial charge in [0.25, 0.3) is 0 Å². The van der Waals surface area contributed by atoms with Crippen molar-refractivity contribution < 1.29 is 14.7 Å². The Labute approximate surface area is 114 Å². The molecule has 1 fully saturated rings. The van der Waals surface area contributed by atoms with E-state index in [-0.39, 0.29) is 12.6 Å². The van der Waals surface area contributed by atoms with Crippen molar-refractivity contribution in [1.82, 2.24) is 15.1 Å². The number of urea groups is 1. The topological polar surface area (TPSA) is 72.9 Å². The molecule has 0 aliphatic carbocycles. The molecule has 1 unspecified atom stereocenters. The Hall–Kier alpha value is -1.30. The van der Waals surface area contributed by atoms with Gasteiger partial charge in [-0.1, -0.05) is 20.3 Å². The van der Waals surface area contributed by atoms with Crippen molar-refractivity contribution in [2.24, 2.45) is 5.92 Å². The standard InChI is InChI=1S/C13H25N3O3/c1-3-5-11(12(17)18)10-14-13(19)16-8-6-15(4-2)7-9-16/h11H,3-10H2,1-2H3,(H,14,19)(H,17,18). The smallest absolute Gasteiger partial charge is 0.317 e. The third-order valence-electron chi connectivity index (χ3n) is 3.59. The molecular weight excluding hydrogens is 246 g/mol. The summed E-state index contributed by atoms with van der Waals surface area (Å²) in [4.78, 5) is 27.0. The number of piperazine rings is 1. The molecule has 1 aliphatic rings. The highest BCUT2D eigenvalue weighted by atomic mass is 16.4. The van der Waals surface area contributed by atoms with Gasteiger partial charge in [0.2, 0.25) is 0 Å². The minimum atomic E-state index is -0.835. The number of carbonyl (C=O) groups is 2. The summed E-state index contributed by atoms with van der Waals surface area (Å²) in [6, 6.07) is -0.141. The summed E-state index contributed by atoms with van der Waals surface area (Å²) < 4.78 is 0. The van der Waals surface area contributed by atoms with Gasteiger partial charge < -0.3 is 20.2 Å². The van der Waals surface area contributed by atoms with Gasteiger partial charge in [-0.2, -0.15) is 0 Å². The van der Waals surface area contributed by atoms with Crippen LogP contribution < -0.4 is 5.32 Å². The normalized spacial score (nSPS) is 18.1. The SMILES string of the molecule is CCCC(CNC(=O)N1CCN(CC)CC1)C(=O)O. The third kappa shape index (κ3) is 5.06. The molecule has 6 nitrogen and oxygen atoms in total. The van der Waals surface area contributed by atoms with Gasteiger partial charge >= 0.3 is 12.0 Å². The van der Waals surface area contributed by atoms with Crippen molar-refractivity contribution in [2.45, 2.75) is 26.7 Å². The van der Waals surface area contributed by atoms with E-state index in [4.69, 9.17) is 5.11 Å². The van der Waals surface area contributed by atoms with Crippen molar-refractivity contribution in [1.29, 1.82) is 0 Å². The van der Waals surface area contributed by atoms with Crippen LogP contribution in [0.2, 0.25) is 0 Å². The number of nitrogens with zero attached hydrogens (tertiary/aromatic N) is 2. The van der Waals surface area contributed by atoms with E-state index >= 15 is 0 Å². The van der Waals surface area contributed by atoms with Gasteiger partial charge in [-0.05, 0) is 13.0 Å². The average molecular weight is 271 g/mol. The Kier molecular flexibility index (Phi) is 6.62. The van der Waals surface area contributed by atoms with Gasteiger partial charge in [0.15, 0.2) is 0 Å². The quantitative estimate of drug-likeness (QED) is 0.750. The number of aliphatic carboxylic acids is 1. The van der Waals surface area contributed by atoms with Crippen molar-refractivity contribution >= 4 is 12.0 Å². The van der Waals surface area contributed by atoms with Crippen molar-refractivity contribution in [3.8, 4) is 0 Å². The van der Waals surface area contributed by atoms with E-state index in [0.29, 0.717) is 19.5 Å². The maximum Gasteiger partial charge on any atom is 0.317 e. The number of nitrogens with one attached hydrogen (secondary N) is 1. The van der Waals surface area contributed by atoms with Crippen LogP contribution in [0.25, 0.3) is 0 Å². The molecule has 1 heterocycles. The molecular formula is C13H25N3O3. The first kappa shape index (κ1) is 15.8. The van der Waals surface area contributed by atoms with Gasteiger partial charge in [0, 0.05) is 32.7 Å². The van der Waals surface area contributed by atoms with Crippen molar-refractivity contribution in [3.63, 3.8) is 0 Å². The first-order valence-corrected chi connectivity index (χ1v) is 7.06. The largest absolute Gasteiger partial charge is 0.481 e. The number of carboxylic acid groups (broad SMARTS) is 1. The summed E-state index contributed by atoms with van der Waals surface area (Å²) in [6.45, 7) is 8.49. The Morgan fingerprint density at radius 1 is 1.21 bits per heavy atom. The van der Waals surface area contributed by atoms with Crippen LogP contribution in [0.5, 0.6) is 0 Å². The maximum atomic E-state index is 11.9. The minimum absolute atomic E-state index is 0.141. The fraction of sp³-hybridized carbons (Fsp3) is 0.846. The number of carbonyl (C=O) groups excluding carboxylic acids is 1. The van der Waals surface area contributed by atoms with Crippen LogP contribution in [0, 0.1) is 5.92 Å². The summed E-state index contributed by atoms with van der Waals surface area (Å²) in [5.74, 6) is -1.32. The van der Waals surface area contributed by atoms with Crippen LogP contribution in [0.3, 0.4) is 0 Å². The molecule has 110 valence electrons. The summed E-state index contributed by atoms with van der Waals surface area (Å²) >= 11 is 0. The van der Waals surface area contributed by atoms with Gasteiger partial charge in [0.05, 0.1) is 5.92 Å². The fourth-order valence-corrected chi connectivity index (χ4v) is 2.25. The molecule has 1 atom stereocenters. The zero-order valence-electron chi connectivity index (χ0n) is 11.9. The van der Waals surface area contributed by atoms with Gasteiger partial charge in [-0.3, -0.25) is 4.79 Å². The van der Waals surface area contributed by atoms with E-state index in [1.165, 1.54) is 0 Å². The van der Waals surface area contributed by atoms with Crippen LogP contribution >= 0.6 is 0 Å². The lowest BCUT2D eigenvalue weighted by atomic mass is 10.0. The van der Waals surface area contributed by atoms with Crippen LogP contribution in [0.15, 0.2) is 0 Å². The minimum Gasteiger partial charge on any atom is -0.481 e. The van der Waals surface area contributed by atoms with Gasteiger partial charge in [0.1, 0.15) is 0 Å². The number of amides is 2. The predicted molar refractivity (Wildman–Crippen MR) is 73.1 cm³/mol. The second kappa shape index (κ2) is 7.99. The molecule has 0 aromatic carbocycles. The number of hydrogen-bond acceptors (Lipinski definition) is 3. The van der Waals surface area contributed by atoms with Crippen molar-refractivity contribution in [2.75, 3.05) is 39.3 Å². The summed E-state index contributed by atoms with van der Waals surface area (Å²) in [7, 11) is 0. The highest BCUT2D eigenvalue weighted by Gasteiger charge is 2.22. The van der Waals surface area contributed by atoms with E-state index in [2.05, 4.69) is 17.1 Å². The summed E-state index contributed by atoms with van der Waals surface area (Å²) in [5, 5.41) is 11.8. The van der Waals surface area contributed by atoms with Crippen LogP contribution in [0.4, 0.5) is 4.79 Å². The Balaban J connectivity index is 2.32. The van der Waals surface area contributed by atoms with Gasteiger partial charge in [-0.25, -0.2) is 4.79 Å². The first-order valence-electron chi connectivity index (χ1n) is 7.06. The molecule has 1 rings (SSSR count). The van der Waals surface area contributed by atoms with Gasteiger partial charge in [-0.15, -0.1) is 0 Å². The van der Waals surface area contributed by atoms with Crippen LogP contribution in [-0.2, 0) is 4.79 Å². The highest BCUT2D eigenvalue weighted by molar-refractivity contribution is 5.76. The molecule has 1 saturated heterocycles. The molecule has 0 aromatic rings. The molecule has 1 aliphatic heterocycles. The third-order valence-corrected chi connectivity index (χ3v) is 3.59. The molecule has 0 bridgehead atoms. The Morgan fingerprint density at radius 2 is 1.84 bits per heavy atom. The molecule has 19 heavy (non-hydrogen) atoms. The molecule has 0 radical (unpaired) electrons. The van der Waals surface area contributed by atoms with Crippen LogP contribution in [-0.4, -0.2) is 66.2 Å². The molecule has 6 heteroatoms. The lowest BCUT2D eigenvalue weighted by Crippen LogP contribution is -2.52. The zero-order chi connectivity index (χ0) is 14.3. The lowest BCUT2D eigenvalue weighted by Gasteiger charge is -2.34. The Morgan fingerprint density at radius 3 is 2.32 bits per heavy atom. The molecule has 0 spiro atoms.